The first-order chi connectivity index (χ1) is 12.7. The molecule has 1 N–H and O–H groups in total. The van der Waals surface area contributed by atoms with Gasteiger partial charge in [0.2, 0.25) is 0 Å². The number of alkyl halides is 3. The molecule has 140 valence electrons. The lowest BCUT2D eigenvalue weighted by Gasteiger charge is -2.11. The summed E-state index contributed by atoms with van der Waals surface area (Å²) in [4.78, 5) is 12.5. The highest BCUT2D eigenvalue weighted by atomic mass is 19.4. The topological polar surface area (TPSA) is 46.9 Å². The van der Waals surface area contributed by atoms with Crippen molar-refractivity contribution in [2.75, 3.05) is 5.32 Å². The number of nitrogens with zero attached hydrogens (tertiary/aromatic N) is 2. The lowest BCUT2D eigenvalue weighted by Crippen LogP contribution is -2.14. The molecule has 0 radical (unpaired) electrons. The van der Waals surface area contributed by atoms with Crippen LogP contribution in [0.1, 0.15) is 27.2 Å². The summed E-state index contributed by atoms with van der Waals surface area (Å²) in [5.41, 5.74) is 0.899. The van der Waals surface area contributed by atoms with Crippen molar-refractivity contribution in [3.8, 4) is 5.69 Å². The summed E-state index contributed by atoms with van der Waals surface area (Å²) in [5.74, 6) is -1.02. The van der Waals surface area contributed by atoms with Gasteiger partial charge >= 0.3 is 6.18 Å². The maximum absolute atomic E-state index is 13.4. The molecule has 2 aromatic carbocycles. The third-order valence-corrected chi connectivity index (χ3v) is 4.12. The van der Waals surface area contributed by atoms with E-state index in [0.29, 0.717) is 16.9 Å². The van der Waals surface area contributed by atoms with Gasteiger partial charge in [0.1, 0.15) is 5.82 Å². The van der Waals surface area contributed by atoms with E-state index < -0.39 is 23.5 Å². The molecule has 0 atom stereocenters. The summed E-state index contributed by atoms with van der Waals surface area (Å²) < 4.78 is 53.3. The summed E-state index contributed by atoms with van der Waals surface area (Å²) >= 11 is 0. The average molecular weight is 377 g/mol. The molecule has 27 heavy (non-hydrogen) atoms. The smallest absolute Gasteiger partial charge is 0.322 e. The van der Waals surface area contributed by atoms with E-state index >= 15 is 0 Å². The number of anilines is 1. The largest absolute Gasteiger partial charge is 0.416 e. The van der Waals surface area contributed by atoms with Crippen LogP contribution in [0.4, 0.5) is 23.2 Å². The molecule has 0 spiro atoms. The predicted octanol–water partition coefficient (Wildman–Crippen LogP) is 4.90. The third kappa shape index (κ3) is 3.84. The van der Waals surface area contributed by atoms with Crippen LogP contribution in [-0.4, -0.2) is 15.7 Å². The Labute approximate surface area is 152 Å². The van der Waals surface area contributed by atoms with Gasteiger partial charge in [0, 0.05) is 5.69 Å². The zero-order valence-corrected chi connectivity index (χ0v) is 14.4. The molecule has 1 aromatic heterocycles. The molecule has 0 fully saturated rings. The monoisotopic (exact) mass is 377 g/mol. The third-order valence-electron chi connectivity index (χ3n) is 4.12. The van der Waals surface area contributed by atoms with Gasteiger partial charge in [0.25, 0.3) is 5.91 Å². The number of nitrogens with one attached hydrogen (secondary N) is 1. The van der Waals surface area contributed by atoms with E-state index in [9.17, 15) is 22.4 Å². The first-order valence-electron chi connectivity index (χ1n) is 7.96. The minimum Gasteiger partial charge on any atom is -0.322 e. The molecule has 0 saturated heterocycles. The van der Waals surface area contributed by atoms with E-state index in [4.69, 9.17) is 0 Å². The zero-order valence-electron chi connectivity index (χ0n) is 14.4. The highest BCUT2D eigenvalue weighted by Gasteiger charge is 2.30. The molecule has 0 unspecified atom stereocenters. The number of halogens is 4. The Balaban J connectivity index is 1.91. The van der Waals surface area contributed by atoms with Crippen LogP contribution >= 0.6 is 0 Å². The number of aryl methyl sites for hydroxylation is 1. The summed E-state index contributed by atoms with van der Waals surface area (Å²) in [6.45, 7) is 3.29. The minimum absolute atomic E-state index is 0.177. The second-order valence-electron chi connectivity index (χ2n) is 6.02. The van der Waals surface area contributed by atoms with Crippen molar-refractivity contribution in [3.05, 3.63) is 76.9 Å². The molecule has 0 aliphatic rings. The van der Waals surface area contributed by atoms with Crippen molar-refractivity contribution in [3.63, 3.8) is 0 Å². The van der Waals surface area contributed by atoms with Crippen molar-refractivity contribution >= 4 is 11.6 Å². The van der Waals surface area contributed by atoms with Crippen molar-refractivity contribution in [2.24, 2.45) is 0 Å². The first-order valence-corrected chi connectivity index (χ1v) is 7.96. The van der Waals surface area contributed by atoms with Crippen molar-refractivity contribution in [1.82, 2.24) is 9.78 Å². The maximum Gasteiger partial charge on any atom is 0.416 e. The standard InChI is InChI=1S/C19H15F4N3O/c1-11-6-7-14(20)9-17(11)25-18(27)16-10-24-26(12(16)2)15-5-3-4-13(8-15)19(21,22)23/h3-10H,1-2H3,(H,25,27). The van der Waals surface area contributed by atoms with Crippen LogP contribution in [0.15, 0.2) is 48.7 Å². The van der Waals surface area contributed by atoms with E-state index in [-0.39, 0.29) is 11.3 Å². The number of hydrogen-bond acceptors (Lipinski definition) is 2. The summed E-state index contributed by atoms with van der Waals surface area (Å²) in [7, 11) is 0. The molecule has 8 heteroatoms. The van der Waals surface area contributed by atoms with Gasteiger partial charge in [-0.05, 0) is 49.7 Å². The Morgan fingerprint density at radius 3 is 2.56 bits per heavy atom. The number of rotatable bonds is 3. The molecule has 3 aromatic rings. The number of amides is 1. The van der Waals surface area contributed by atoms with Crippen LogP contribution < -0.4 is 5.32 Å². The highest BCUT2D eigenvalue weighted by molar-refractivity contribution is 6.05. The van der Waals surface area contributed by atoms with Crippen LogP contribution in [0, 0.1) is 19.7 Å². The lowest BCUT2D eigenvalue weighted by atomic mass is 10.1. The average Bonchev–Trinajstić information content (AvgIpc) is 2.99. The first kappa shape index (κ1) is 18.6. The Morgan fingerprint density at radius 2 is 1.85 bits per heavy atom. The Bertz CT molecular complexity index is 1010. The SMILES string of the molecule is Cc1ccc(F)cc1NC(=O)c1cnn(-c2cccc(C(F)(F)F)c2)c1C. The second-order valence-corrected chi connectivity index (χ2v) is 6.02. The molecule has 0 saturated carbocycles. The van der Waals surface area contributed by atoms with Crippen LogP contribution in [-0.2, 0) is 6.18 Å². The van der Waals surface area contributed by atoms with E-state index in [2.05, 4.69) is 10.4 Å². The van der Waals surface area contributed by atoms with Crippen molar-refractivity contribution < 1.29 is 22.4 Å². The zero-order chi connectivity index (χ0) is 19.8. The molecule has 4 nitrogen and oxygen atoms in total. The van der Waals surface area contributed by atoms with Gasteiger partial charge in [-0.1, -0.05) is 12.1 Å². The quantitative estimate of drug-likeness (QED) is 0.660. The Morgan fingerprint density at radius 1 is 1.11 bits per heavy atom. The van der Waals surface area contributed by atoms with Gasteiger partial charge in [0.15, 0.2) is 0 Å². The molecule has 3 rings (SSSR count). The fourth-order valence-corrected chi connectivity index (χ4v) is 2.63. The highest BCUT2D eigenvalue weighted by Crippen LogP contribution is 2.30. The minimum atomic E-state index is -4.48. The van der Waals surface area contributed by atoms with Gasteiger partial charge in [-0.3, -0.25) is 4.79 Å². The normalized spacial score (nSPS) is 11.5. The molecule has 1 amide bonds. The van der Waals surface area contributed by atoms with Gasteiger partial charge < -0.3 is 5.32 Å². The number of benzene rings is 2. The predicted molar refractivity (Wildman–Crippen MR) is 92.4 cm³/mol. The fraction of sp³-hybridized carbons (Fsp3) is 0.158. The second kappa shape index (κ2) is 6.86. The number of aromatic nitrogens is 2. The van der Waals surface area contributed by atoms with Gasteiger partial charge in [-0.25, -0.2) is 9.07 Å². The molecule has 0 aliphatic carbocycles. The summed E-state index contributed by atoms with van der Waals surface area (Å²) in [5, 5.41) is 6.62. The van der Waals surface area contributed by atoms with Crippen molar-refractivity contribution in [1.29, 1.82) is 0 Å². The molecule has 0 bridgehead atoms. The van der Waals surface area contributed by atoms with E-state index in [1.165, 1.54) is 41.2 Å². The Kier molecular flexibility index (Phi) is 4.73. The molecule has 1 heterocycles. The Hall–Kier alpha value is -3.16. The molecular formula is C19H15F4N3O. The van der Waals surface area contributed by atoms with Crippen LogP contribution in [0.2, 0.25) is 0 Å². The van der Waals surface area contributed by atoms with Gasteiger partial charge in [0.05, 0.1) is 28.7 Å². The van der Waals surface area contributed by atoms with Crippen molar-refractivity contribution in [2.45, 2.75) is 20.0 Å². The van der Waals surface area contributed by atoms with Gasteiger partial charge in [-0.2, -0.15) is 18.3 Å². The summed E-state index contributed by atoms with van der Waals surface area (Å²) in [6, 6.07) is 8.66. The number of carbonyl (C=O) groups excluding carboxylic acids is 1. The van der Waals surface area contributed by atoms with Gasteiger partial charge in [-0.15, -0.1) is 0 Å². The number of hydrogen-bond donors (Lipinski definition) is 1. The number of carbonyl (C=O) groups is 1. The summed E-state index contributed by atoms with van der Waals surface area (Å²) in [6.07, 6.45) is -3.22. The van der Waals surface area contributed by atoms with Crippen LogP contribution in [0.5, 0.6) is 0 Å². The maximum atomic E-state index is 13.4. The molecule has 0 aliphatic heterocycles. The molecular weight excluding hydrogens is 362 g/mol. The van der Waals surface area contributed by atoms with E-state index in [1.54, 1.807) is 13.8 Å². The van der Waals surface area contributed by atoms with E-state index in [1.807, 2.05) is 0 Å². The van der Waals surface area contributed by atoms with Crippen LogP contribution in [0.25, 0.3) is 5.69 Å². The fourth-order valence-electron chi connectivity index (χ4n) is 2.63. The lowest BCUT2D eigenvalue weighted by molar-refractivity contribution is -0.137. The van der Waals surface area contributed by atoms with E-state index in [0.717, 1.165) is 12.1 Å². The van der Waals surface area contributed by atoms with Crippen LogP contribution in [0.3, 0.4) is 0 Å².